The number of alkyl carbamates (subject to hydrolysis) is 1. The van der Waals surface area contributed by atoms with Gasteiger partial charge < -0.3 is 19.9 Å². The van der Waals surface area contributed by atoms with Gasteiger partial charge in [0.2, 0.25) is 0 Å². The van der Waals surface area contributed by atoms with Crippen molar-refractivity contribution in [1.29, 1.82) is 0 Å². The molecule has 136 valence electrons. The molecule has 0 aromatic carbocycles. The molecule has 0 saturated carbocycles. The first-order valence-corrected chi connectivity index (χ1v) is 8.30. The highest BCUT2D eigenvalue weighted by molar-refractivity contribution is 5.76. The van der Waals surface area contributed by atoms with E-state index in [0.717, 1.165) is 6.42 Å². The van der Waals surface area contributed by atoms with Crippen LogP contribution >= 0.6 is 0 Å². The molecular weight excluding hydrogens is 298 g/mol. The van der Waals surface area contributed by atoms with E-state index >= 15 is 0 Å². The lowest BCUT2D eigenvalue weighted by molar-refractivity contribution is -0.150. The minimum atomic E-state index is -1.03. The molecular formula is C17H33NO5. The number of aliphatic carboxylic acids is 1. The van der Waals surface area contributed by atoms with Gasteiger partial charge in [-0.2, -0.15) is 0 Å². The molecule has 0 saturated heterocycles. The maximum Gasteiger partial charge on any atom is 0.407 e. The van der Waals surface area contributed by atoms with Crippen LogP contribution in [0.1, 0.15) is 60.8 Å². The molecule has 0 bridgehead atoms. The number of carboxylic acid groups (broad SMARTS) is 1. The number of ether oxygens (including phenoxy) is 2. The predicted molar refractivity (Wildman–Crippen MR) is 89.5 cm³/mol. The number of carboxylic acids is 1. The van der Waals surface area contributed by atoms with Crippen LogP contribution in [0.2, 0.25) is 0 Å². The molecule has 6 heteroatoms. The third-order valence-corrected chi connectivity index (χ3v) is 3.66. The normalized spacial score (nSPS) is 14.4. The first kappa shape index (κ1) is 21.7. The number of amides is 1. The summed E-state index contributed by atoms with van der Waals surface area (Å²) in [6.45, 7) is 12.3. The average Bonchev–Trinajstić information content (AvgIpc) is 2.39. The summed E-state index contributed by atoms with van der Waals surface area (Å²) in [5, 5.41) is 12.1. The summed E-state index contributed by atoms with van der Waals surface area (Å²) in [6.07, 6.45) is 1.11. The van der Waals surface area contributed by atoms with Crippen molar-refractivity contribution in [3.63, 3.8) is 0 Å². The molecule has 0 aromatic heterocycles. The smallest absolute Gasteiger partial charge is 0.407 e. The van der Waals surface area contributed by atoms with Gasteiger partial charge in [-0.15, -0.1) is 0 Å². The van der Waals surface area contributed by atoms with E-state index in [1.807, 2.05) is 0 Å². The fraction of sp³-hybridized carbons (Fsp3) is 0.882. The van der Waals surface area contributed by atoms with Crippen LogP contribution in [-0.2, 0) is 14.3 Å². The molecule has 1 amide bonds. The molecule has 0 heterocycles. The Hall–Kier alpha value is -1.30. The lowest BCUT2D eigenvalue weighted by atomic mass is 9.82. The van der Waals surface area contributed by atoms with Crippen molar-refractivity contribution in [1.82, 2.24) is 5.32 Å². The number of hydrogen-bond donors (Lipinski definition) is 2. The van der Waals surface area contributed by atoms with Gasteiger partial charge >= 0.3 is 12.1 Å². The van der Waals surface area contributed by atoms with E-state index in [1.165, 1.54) is 0 Å². The lowest BCUT2D eigenvalue weighted by Crippen LogP contribution is -2.45. The van der Waals surface area contributed by atoms with Gasteiger partial charge in [-0.3, -0.25) is 4.79 Å². The Balaban J connectivity index is 4.49. The van der Waals surface area contributed by atoms with Gasteiger partial charge in [-0.25, -0.2) is 4.79 Å². The van der Waals surface area contributed by atoms with Crippen LogP contribution in [0.4, 0.5) is 4.79 Å². The Morgan fingerprint density at radius 2 is 1.78 bits per heavy atom. The van der Waals surface area contributed by atoms with Crippen LogP contribution in [0.3, 0.4) is 0 Å². The quantitative estimate of drug-likeness (QED) is 0.599. The maximum atomic E-state index is 11.7. The average molecular weight is 331 g/mol. The van der Waals surface area contributed by atoms with Gasteiger partial charge in [-0.1, -0.05) is 20.8 Å². The van der Waals surface area contributed by atoms with E-state index in [9.17, 15) is 14.7 Å². The minimum absolute atomic E-state index is 0.0291. The molecule has 0 radical (unpaired) electrons. The number of rotatable bonds is 10. The minimum Gasteiger partial charge on any atom is -0.481 e. The molecule has 0 aliphatic carbocycles. The van der Waals surface area contributed by atoms with Gasteiger partial charge in [0.1, 0.15) is 5.60 Å². The van der Waals surface area contributed by atoms with Crippen molar-refractivity contribution >= 4 is 12.1 Å². The molecule has 0 spiro atoms. The molecule has 0 aliphatic heterocycles. The number of carbonyl (C=O) groups excluding carboxylic acids is 1. The Morgan fingerprint density at radius 3 is 2.22 bits per heavy atom. The van der Waals surface area contributed by atoms with E-state index in [4.69, 9.17) is 9.47 Å². The van der Waals surface area contributed by atoms with E-state index < -0.39 is 23.1 Å². The summed E-state index contributed by atoms with van der Waals surface area (Å²) in [5.74, 6) is -0.372. The van der Waals surface area contributed by atoms with Crippen LogP contribution in [0.25, 0.3) is 0 Å². The van der Waals surface area contributed by atoms with Gasteiger partial charge in [0.25, 0.3) is 0 Å². The van der Waals surface area contributed by atoms with Gasteiger partial charge in [0.15, 0.2) is 0 Å². The van der Waals surface area contributed by atoms with Crippen molar-refractivity contribution in [3.8, 4) is 0 Å². The van der Waals surface area contributed by atoms with E-state index in [-0.39, 0.29) is 6.54 Å². The maximum absolute atomic E-state index is 11.7. The first-order chi connectivity index (χ1) is 10.5. The molecule has 2 N–H and O–H groups in total. The van der Waals surface area contributed by atoms with E-state index in [1.54, 1.807) is 27.7 Å². The third kappa shape index (κ3) is 9.43. The first-order valence-electron chi connectivity index (χ1n) is 8.30. The van der Waals surface area contributed by atoms with Gasteiger partial charge in [0.05, 0.1) is 5.41 Å². The summed E-state index contributed by atoms with van der Waals surface area (Å²) in [5.41, 5.74) is -1.64. The highest BCUT2D eigenvalue weighted by Gasteiger charge is 2.37. The molecule has 0 fully saturated rings. The molecule has 0 aromatic rings. The molecule has 23 heavy (non-hydrogen) atoms. The van der Waals surface area contributed by atoms with Crippen LogP contribution in [0.15, 0.2) is 0 Å². The van der Waals surface area contributed by atoms with Crippen LogP contribution < -0.4 is 5.32 Å². The van der Waals surface area contributed by atoms with Crippen molar-refractivity contribution in [2.24, 2.45) is 11.3 Å². The molecule has 0 aliphatic rings. The zero-order valence-corrected chi connectivity index (χ0v) is 15.4. The fourth-order valence-electron chi connectivity index (χ4n) is 1.97. The second-order valence-electron chi connectivity index (χ2n) is 7.34. The SMILES string of the molecule is CCC(CCOCCC(C)C)(CNC(=O)OC(C)(C)C)C(=O)O. The second kappa shape index (κ2) is 9.75. The Bertz CT molecular complexity index is 376. The topological polar surface area (TPSA) is 84.9 Å². The summed E-state index contributed by atoms with van der Waals surface area (Å²) >= 11 is 0. The Kier molecular flexibility index (Phi) is 9.20. The monoisotopic (exact) mass is 331 g/mol. The van der Waals surface area contributed by atoms with E-state index in [0.29, 0.717) is 32.0 Å². The summed E-state index contributed by atoms with van der Waals surface area (Å²) in [7, 11) is 0. The molecule has 6 nitrogen and oxygen atoms in total. The Morgan fingerprint density at radius 1 is 1.17 bits per heavy atom. The zero-order chi connectivity index (χ0) is 18.1. The van der Waals surface area contributed by atoms with Gasteiger partial charge in [0, 0.05) is 19.8 Å². The lowest BCUT2D eigenvalue weighted by Gasteiger charge is -2.29. The second-order valence-corrected chi connectivity index (χ2v) is 7.34. The number of carbonyl (C=O) groups is 2. The van der Waals surface area contributed by atoms with E-state index in [2.05, 4.69) is 19.2 Å². The standard InChI is InChI=1S/C17H33NO5/c1-7-17(14(19)20,9-11-22-10-8-13(2)3)12-18-15(21)23-16(4,5)6/h13H,7-12H2,1-6H3,(H,18,21)(H,19,20). The van der Waals surface area contributed by atoms with Crippen LogP contribution in [0, 0.1) is 11.3 Å². The zero-order valence-electron chi connectivity index (χ0n) is 15.4. The molecule has 0 rings (SSSR count). The van der Waals surface area contributed by atoms with Gasteiger partial charge in [-0.05, 0) is 46.0 Å². The largest absolute Gasteiger partial charge is 0.481 e. The third-order valence-electron chi connectivity index (χ3n) is 3.66. The summed E-state index contributed by atoms with van der Waals surface area (Å²) in [4.78, 5) is 23.4. The molecule has 1 atom stereocenters. The summed E-state index contributed by atoms with van der Waals surface area (Å²) in [6, 6.07) is 0. The highest BCUT2D eigenvalue weighted by Crippen LogP contribution is 2.26. The highest BCUT2D eigenvalue weighted by atomic mass is 16.6. The summed E-state index contributed by atoms with van der Waals surface area (Å²) < 4.78 is 10.7. The van der Waals surface area contributed by atoms with Crippen molar-refractivity contribution in [2.75, 3.05) is 19.8 Å². The van der Waals surface area contributed by atoms with Crippen molar-refractivity contribution in [3.05, 3.63) is 0 Å². The van der Waals surface area contributed by atoms with Crippen LogP contribution in [-0.4, -0.2) is 42.5 Å². The van der Waals surface area contributed by atoms with Crippen molar-refractivity contribution in [2.45, 2.75) is 66.4 Å². The number of nitrogens with one attached hydrogen (secondary N) is 1. The van der Waals surface area contributed by atoms with Crippen molar-refractivity contribution < 1.29 is 24.2 Å². The predicted octanol–water partition coefficient (Wildman–Crippen LogP) is 3.44. The molecule has 1 unspecified atom stereocenters. The Labute approximate surface area is 139 Å². The fourth-order valence-corrected chi connectivity index (χ4v) is 1.97. The number of hydrogen-bond acceptors (Lipinski definition) is 4. The van der Waals surface area contributed by atoms with Crippen LogP contribution in [0.5, 0.6) is 0 Å².